The van der Waals surface area contributed by atoms with Crippen molar-refractivity contribution in [3.8, 4) is 0 Å². The molecule has 2 nitrogen and oxygen atoms in total. The van der Waals surface area contributed by atoms with Gasteiger partial charge in [0.1, 0.15) is 0 Å². The maximum atomic E-state index is 11.3. The molecule has 0 atom stereocenters. The number of nitrogens with zero attached hydrogens (tertiary/aromatic N) is 1. The SMILES string of the molecule is CCC=CC(=O)c1ccncc1. The van der Waals surface area contributed by atoms with Gasteiger partial charge >= 0.3 is 0 Å². The molecule has 2 heteroatoms. The van der Waals surface area contributed by atoms with Gasteiger partial charge in [-0.25, -0.2) is 0 Å². The Morgan fingerprint density at radius 2 is 2.17 bits per heavy atom. The Labute approximate surface area is 71.9 Å². The number of aromatic nitrogens is 1. The van der Waals surface area contributed by atoms with E-state index in [0.717, 1.165) is 6.42 Å². The van der Waals surface area contributed by atoms with Crippen molar-refractivity contribution in [3.63, 3.8) is 0 Å². The minimum absolute atomic E-state index is 0.0410. The van der Waals surface area contributed by atoms with E-state index in [-0.39, 0.29) is 5.78 Å². The molecule has 0 amide bonds. The molecule has 1 rings (SSSR count). The average Bonchev–Trinajstić information content (AvgIpc) is 2.15. The Bertz CT molecular complexity index is 277. The molecule has 0 saturated heterocycles. The van der Waals surface area contributed by atoms with Crippen molar-refractivity contribution in [2.24, 2.45) is 0 Å². The third-order valence-electron chi connectivity index (χ3n) is 1.47. The van der Waals surface area contributed by atoms with Gasteiger partial charge in [-0.2, -0.15) is 0 Å². The number of allylic oxidation sites excluding steroid dienone is 2. The molecule has 1 aromatic rings. The highest BCUT2D eigenvalue weighted by Gasteiger charge is 1.97. The van der Waals surface area contributed by atoms with Crippen molar-refractivity contribution in [1.29, 1.82) is 0 Å². The fraction of sp³-hybridized carbons (Fsp3) is 0.200. The van der Waals surface area contributed by atoms with Crippen LogP contribution in [0.15, 0.2) is 36.7 Å². The van der Waals surface area contributed by atoms with Crippen LogP contribution in [0.5, 0.6) is 0 Å². The van der Waals surface area contributed by atoms with Crippen LogP contribution >= 0.6 is 0 Å². The summed E-state index contributed by atoms with van der Waals surface area (Å²) < 4.78 is 0. The van der Waals surface area contributed by atoms with Gasteiger partial charge in [0.15, 0.2) is 5.78 Å². The number of ketones is 1. The molecule has 0 aliphatic heterocycles. The minimum atomic E-state index is 0.0410. The van der Waals surface area contributed by atoms with E-state index >= 15 is 0 Å². The van der Waals surface area contributed by atoms with Crippen LogP contribution in [0, 0.1) is 0 Å². The van der Waals surface area contributed by atoms with Gasteiger partial charge in [0, 0.05) is 18.0 Å². The second-order valence-electron chi connectivity index (χ2n) is 2.41. The van der Waals surface area contributed by atoms with Crippen molar-refractivity contribution >= 4 is 5.78 Å². The van der Waals surface area contributed by atoms with Gasteiger partial charge < -0.3 is 0 Å². The van der Waals surface area contributed by atoms with E-state index in [0.29, 0.717) is 5.56 Å². The Morgan fingerprint density at radius 3 is 2.75 bits per heavy atom. The van der Waals surface area contributed by atoms with Gasteiger partial charge in [-0.15, -0.1) is 0 Å². The summed E-state index contributed by atoms with van der Waals surface area (Å²) in [5.74, 6) is 0.0410. The first-order valence-corrected chi connectivity index (χ1v) is 3.95. The molecule has 1 heterocycles. The highest BCUT2D eigenvalue weighted by molar-refractivity contribution is 6.04. The first-order chi connectivity index (χ1) is 5.84. The number of hydrogen-bond donors (Lipinski definition) is 0. The fourth-order valence-electron chi connectivity index (χ4n) is 0.837. The molecule has 0 unspecified atom stereocenters. The van der Waals surface area contributed by atoms with Crippen LogP contribution in [0.25, 0.3) is 0 Å². The number of carbonyl (C=O) groups excluding carboxylic acids is 1. The highest BCUT2D eigenvalue weighted by atomic mass is 16.1. The van der Waals surface area contributed by atoms with Gasteiger partial charge in [0.25, 0.3) is 0 Å². The highest BCUT2D eigenvalue weighted by Crippen LogP contribution is 1.98. The summed E-state index contributed by atoms with van der Waals surface area (Å²) in [5.41, 5.74) is 0.690. The quantitative estimate of drug-likeness (QED) is 0.502. The molecule has 0 spiro atoms. The summed E-state index contributed by atoms with van der Waals surface area (Å²) in [6.07, 6.45) is 7.56. The molecule has 0 saturated carbocycles. The summed E-state index contributed by atoms with van der Waals surface area (Å²) in [4.78, 5) is 15.1. The van der Waals surface area contributed by atoms with E-state index in [9.17, 15) is 4.79 Å². The monoisotopic (exact) mass is 161 g/mol. The summed E-state index contributed by atoms with van der Waals surface area (Å²) in [6, 6.07) is 3.42. The lowest BCUT2D eigenvalue weighted by Gasteiger charge is -1.91. The Hall–Kier alpha value is -1.44. The molecule has 0 aromatic carbocycles. The van der Waals surface area contributed by atoms with Gasteiger partial charge in [0.2, 0.25) is 0 Å². The van der Waals surface area contributed by atoms with Crippen LogP contribution in [-0.2, 0) is 0 Å². The summed E-state index contributed by atoms with van der Waals surface area (Å²) in [6.45, 7) is 2.00. The summed E-state index contributed by atoms with van der Waals surface area (Å²) in [5, 5.41) is 0. The fourth-order valence-corrected chi connectivity index (χ4v) is 0.837. The molecule has 62 valence electrons. The molecule has 0 fully saturated rings. The second-order valence-corrected chi connectivity index (χ2v) is 2.41. The van der Waals surface area contributed by atoms with Gasteiger partial charge in [0.05, 0.1) is 0 Å². The zero-order chi connectivity index (χ0) is 8.81. The van der Waals surface area contributed by atoms with Crippen LogP contribution < -0.4 is 0 Å². The van der Waals surface area contributed by atoms with Crippen molar-refractivity contribution < 1.29 is 4.79 Å². The van der Waals surface area contributed by atoms with Gasteiger partial charge in [-0.05, 0) is 24.6 Å². The van der Waals surface area contributed by atoms with E-state index in [1.54, 1.807) is 30.6 Å². The Kier molecular flexibility index (Phi) is 3.20. The topological polar surface area (TPSA) is 30.0 Å². The zero-order valence-electron chi connectivity index (χ0n) is 7.03. The minimum Gasteiger partial charge on any atom is -0.289 e. The summed E-state index contributed by atoms with van der Waals surface area (Å²) in [7, 11) is 0. The Balaban J connectivity index is 2.72. The van der Waals surface area contributed by atoms with Crippen molar-refractivity contribution in [1.82, 2.24) is 4.98 Å². The van der Waals surface area contributed by atoms with Crippen LogP contribution in [0.1, 0.15) is 23.7 Å². The molecule has 0 aliphatic carbocycles. The first kappa shape index (κ1) is 8.65. The lowest BCUT2D eigenvalue weighted by molar-refractivity contribution is 0.104. The van der Waals surface area contributed by atoms with Crippen LogP contribution in [-0.4, -0.2) is 10.8 Å². The van der Waals surface area contributed by atoms with Crippen molar-refractivity contribution in [2.45, 2.75) is 13.3 Å². The van der Waals surface area contributed by atoms with E-state index in [4.69, 9.17) is 0 Å². The van der Waals surface area contributed by atoms with E-state index in [1.807, 2.05) is 13.0 Å². The van der Waals surface area contributed by atoms with Crippen molar-refractivity contribution in [2.75, 3.05) is 0 Å². The molecule has 1 aromatic heterocycles. The molecule has 0 radical (unpaired) electrons. The third-order valence-corrected chi connectivity index (χ3v) is 1.47. The smallest absolute Gasteiger partial charge is 0.185 e. The predicted octanol–water partition coefficient (Wildman–Crippen LogP) is 2.23. The summed E-state index contributed by atoms with van der Waals surface area (Å²) >= 11 is 0. The predicted molar refractivity (Wildman–Crippen MR) is 48.0 cm³/mol. The van der Waals surface area contributed by atoms with Gasteiger partial charge in [-0.3, -0.25) is 9.78 Å². The standard InChI is InChI=1S/C10H11NO/c1-2-3-4-10(12)9-5-7-11-8-6-9/h3-8H,2H2,1H3. The maximum absolute atomic E-state index is 11.3. The van der Waals surface area contributed by atoms with E-state index in [2.05, 4.69) is 4.98 Å². The maximum Gasteiger partial charge on any atom is 0.185 e. The van der Waals surface area contributed by atoms with Crippen LogP contribution in [0.3, 0.4) is 0 Å². The molecule has 0 aliphatic rings. The second kappa shape index (κ2) is 4.44. The molecule has 0 bridgehead atoms. The normalized spacial score (nSPS) is 10.4. The first-order valence-electron chi connectivity index (χ1n) is 3.95. The van der Waals surface area contributed by atoms with Gasteiger partial charge in [-0.1, -0.05) is 13.0 Å². The lowest BCUT2D eigenvalue weighted by atomic mass is 10.1. The van der Waals surface area contributed by atoms with Crippen LogP contribution in [0.2, 0.25) is 0 Å². The van der Waals surface area contributed by atoms with E-state index in [1.165, 1.54) is 0 Å². The largest absolute Gasteiger partial charge is 0.289 e. The van der Waals surface area contributed by atoms with E-state index < -0.39 is 0 Å². The number of carbonyl (C=O) groups is 1. The molecule has 0 N–H and O–H groups in total. The number of hydrogen-bond acceptors (Lipinski definition) is 2. The number of pyridine rings is 1. The number of rotatable bonds is 3. The molecular weight excluding hydrogens is 150 g/mol. The van der Waals surface area contributed by atoms with Crippen molar-refractivity contribution in [3.05, 3.63) is 42.2 Å². The van der Waals surface area contributed by atoms with Crippen LogP contribution in [0.4, 0.5) is 0 Å². The average molecular weight is 161 g/mol. The molecule has 12 heavy (non-hydrogen) atoms. The molecular formula is C10H11NO. The zero-order valence-corrected chi connectivity index (χ0v) is 7.03. The Morgan fingerprint density at radius 1 is 1.50 bits per heavy atom. The third kappa shape index (κ3) is 2.31. The lowest BCUT2D eigenvalue weighted by Crippen LogP contribution is -1.93.